The van der Waals surface area contributed by atoms with Gasteiger partial charge in [-0.2, -0.15) is 5.26 Å². The largest absolute Gasteiger partial charge is 0.490 e. The fourth-order valence-corrected chi connectivity index (χ4v) is 4.02. The van der Waals surface area contributed by atoms with E-state index in [4.69, 9.17) is 4.74 Å². The van der Waals surface area contributed by atoms with Crippen LogP contribution in [0, 0.1) is 17.2 Å². The average molecular weight is 441 g/mol. The first-order valence-electron chi connectivity index (χ1n) is 11.0. The third kappa shape index (κ3) is 8.28. The molecule has 1 atom stereocenters. The second-order valence-electron chi connectivity index (χ2n) is 7.16. The Bertz CT molecular complexity index is 893. The second kappa shape index (κ2) is 14.5. The molecule has 1 fully saturated rings. The summed E-state index contributed by atoms with van der Waals surface area (Å²) in [6, 6.07) is 7.80. The van der Waals surface area contributed by atoms with Crippen LogP contribution in [-0.2, 0) is 6.42 Å². The van der Waals surface area contributed by atoms with Gasteiger partial charge in [-0.05, 0) is 64.3 Å². The summed E-state index contributed by atoms with van der Waals surface area (Å²) in [5.41, 5.74) is 7.48. The fourth-order valence-electron chi connectivity index (χ4n) is 3.21. The van der Waals surface area contributed by atoms with Crippen molar-refractivity contribution in [1.29, 1.82) is 5.26 Å². The van der Waals surface area contributed by atoms with Crippen molar-refractivity contribution >= 4 is 11.3 Å². The van der Waals surface area contributed by atoms with Gasteiger partial charge in [0.05, 0.1) is 11.7 Å². The molecule has 3 rings (SSSR count). The van der Waals surface area contributed by atoms with Crippen molar-refractivity contribution in [2.24, 2.45) is 11.7 Å². The first-order valence-corrected chi connectivity index (χ1v) is 11.9. The van der Waals surface area contributed by atoms with Gasteiger partial charge in [0.1, 0.15) is 21.8 Å². The van der Waals surface area contributed by atoms with E-state index < -0.39 is 0 Å². The minimum Gasteiger partial charge on any atom is -0.490 e. The zero-order valence-corrected chi connectivity index (χ0v) is 20.5. The highest BCUT2D eigenvalue weighted by atomic mass is 32.1. The van der Waals surface area contributed by atoms with E-state index in [1.54, 1.807) is 16.9 Å². The molecule has 0 amide bonds. The number of hydrogen-bond acceptors (Lipinski definition) is 6. The molecule has 2 aromatic rings. The highest BCUT2D eigenvalue weighted by molar-refractivity contribution is 7.14. The van der Waals surface area contributed by atoms with Crippen molar-refractivity contribution in [3.8, 4) is 22.4 Å². The third-order valence-electron chi connectivity index (χ3n) is 4.65. The zero-order chi connectivity index (χ0) is 23.2. The highest BCUT2D eigenvalue weighted by Gasteiger charge is 2.14. The molecule has 0 radical (unpaired) electrons. The molecule has 2 N–H and O–H groups in total. The molecular formula is C25H36N4OS. The SMILES string of the molecule is CC.CC(C)Oc1ccc(-c2nnc(C/C=C\C=C3\CCCC3C)s2)cc1C#N.CN. The number of hydrogen-bond donors (Lipinski definition) is 1. The number of nitrogens with zero attached hydrogens (tertiary/aromatic N) is 3. The lowest BCUT2D eigenvalue weighted by atomic mass is 10.1. The van der Waals surface area contributed by atoms with Crippen LogP contribution in [0.4, 0.5) is 0 Å². The van der Waals surface area contributed by atoms with Crippen LogP contribution in [0.1, 0.15) is 64.5 Å². The van der Waals surface area contributed by atoms with Gasteiger partial charge in [-0.1, -0.05) is 55.9 Å². The van der Waals surface area contributed by atoms with E-state index in [1.807, 2.05) is 45.9 Å². The Morgan fingerprint density at radius 3 is 2.65 bits per heavy atom. The van der Waals surface area contributed by atoms with Gasteiger partial charge in [-0.25, -0.2) is 0 Å². The van der Waals surface area contributed by atoms with Crippen molar-refractivity contribution in [1.82, 2.24) is 10.2 Å². The van der Waals surface area contributed by atoms with Crippen molar-refractivity contribution in [2.45, 2.75) is 66.4 Å². The van der Waals surface area contributed by atoms with Crippen molar-refractivity contribution in [3.05, 3.63) is 52.6 Å². The number of nitriles is 1. The van der Waals surface area contributed by atoms with Crippen molar-refractivity contribution in [2.75, 3.05) is 7.05 Å². The monoisotopic (exact) mass is 440 g/mol. The molecule has 168 valence electrons. The van der Waals surface area contributed by atoms with E-state index in [0.29, 0.717) is 11.3 Å². The Hall–Kier alpha value is -2.49. The highest BCUT2D eigenvalue weighted by Crippen LogP contribution is 2.31. The molecule has 0 aliphatic heterocycles. The molecule has 0 spiro atoms. The van der Waals surface area contributed by atoms with Gasteiger partial charge in [-0.15, -0.1) is 10.2 Å². The predicted molar refractivity (Wildman–Crippen MR) is 131 cm³/mol. The normalized spacial score (nSPS) is 16.5. The molecule has 1 aromatic heterocycles. The minimum atomic E-state index is 0.0325. The molecular weight excluding hydrogens is 404 g/mol. The molecule has 1 heterocycles. The molecule has 1 saturated carbocycles. The third-order valence-corrected chi connectivity index (χ3v) is 5.65. The van der Waals surface area contributed by atoms with Crippen LogP contribution in [0.2, 0.25) is 0 Å². The number of allylic oxidation sites excluding steroid dienone is 4. The van der Waals surface area contributed by atoms with Crippen molar-refractivity contribution in [3.63, 3.8) is 0 Å². The van der Waals surface area contributed by atoms with Gasteiger partial charge in [-0.3, -0.25) is 0 Å². The van der Waals surface area contributed by atoms with Crippen LogP contribution < -0.4 is 10.5 Å². The van der Waals surface area contributed by atoms with Gasteiger partial charge >= 0.3 is 0 Å². The lowest BCUT2D eigenvalue weighted by molar-refractivity contribution is 0.242. The van der Waals surface area contributed by atoms with Crippen LogP contribution in [0.25, 0.3) is 10.6 Å². The molecule has 1 aliphatic carbocycles. The maximum absolute atomic E-state index is 9.38. The Balaban J connectivity index is 0.00000113. The second-order valence-corrected chi connectivity index (χ2v) is 8.22. The summed E-state index contributed by atoms with van der Waals surface area (Å²) in [7, 11) is 1.50. The van der Waals surface area contributed by atoms with Crippen LogP contribution in [0.15, 0.2) is 42.0 Å². The van der Waals surface area contributed by atoms with Gasteiger partial charge in [0.15, 0.2) is 0 Å². The average Bonchev–Trinajstić information content (AvgIpc) is 3.43. The maximum Gasteiger partial charge on any atom is 0.147 e. The molecule has 6 heteroatoms. The van der Waals surface area contributed by atoms with Crippen LogP contribution in [-0.4, -0.2) is 23.3 Å². The summed E-state index contributed by atoms with van der Waals surface area (Å²) in [6.45, 7) is 10.2. The smallest absolute Gasteiger partial charge is 0.147 e. The quantitative estimate of drug-likeness (QED) is 0.569. The van der Waals surface area contributed by atoms with Crippen molar-refractivity contribution < 1.29 is 4.74 Å². The lowest BCUT2D eigenvalue weighted by Crippen LogP contribution is -2.06. The van der Waals surface area contributed by atoms with Gasteiger partial charge < -0.3 is 10.5 Å². The van der Waals surface area contributed by atoms with E-state index in [9.17, 15) is 5.26 Å². The lowest BCUT2D eigenvalue weighted by Gasteiger charge is -2.11. The first kappa shape index (κ1) is 26.5. The van der Waals surface area contributed by atoms with E-state index in [2.05, 4.69) is 47.2 Å². The number of aromatic nitrogens is 2. The molecule has 1 aliphatic rings. The van der Waals surface area contributed by atoms with Gasteiger partial charge in [0.25, 0.3) is 0 Å². The van der Waals surface area contributed by atoms with E-state index >= 15 is 0 Å². The molecule has 5 nitrogen and oxygen atoms in total. The Morgan fingerprint density at radius 1 is 1.29 bits per heavy atom. The summed E-state index contributed by atoms with van der Waals surface area (Å²) in [4.78, 5) is 0. The van der Waals surface area contributed by atoms with Gasteiger partial charge in [0.2, 0.25) is 0 Å². The summed E-state index contributed by atoms with van der Waals surface area (Å²) < 4.78 is 5.68. The Kier molecular flexibility index (Phi) is 12.4. The topological polar surface area (TPSA) is 84.8 Å². The molecule has 1 unspecified atom stereocenters. The van der Waals surface area contributed by atoms with Gasteiger partial charge in [0, 0.05) is 12.0 Å². The maximum atomic E-state index is 9.38. The summed E-state index contributed by atoms with van der Waals surface area (Å²) in [5.74, 6) is 1.33. The summed E-state index contributed by atoms with van der Waals surface area (Å²) in [6.07, 6.45) is 11.2. The minimum absolute atomic E-state index is 0.0325. The standard InChI is InChI=1S/C22H25N3OS.C2H6.CH5N/c1-15(2)26-20-12-11-18(13-19(20)14-23)22-25-24-21(27-22)10-5-4-8-17-9-6-7-16(17)3;2*1-2/h4-5,8,11-13,15-16H,6-7,9-10H2,1-3H3;1-2H3;2H2,1H3/b5-4-,17-8-;;. The fraction of sp³-hybridized carbons (Fsp3) is 0.480. The van der Waals surface area contributed by atoms with E-state index in [0.717, 1.165) is 27.9 Å². The predicted octanol–water partition coefficient (Wildman–Crippen LogP) is 6.31. The number of benzene rings is 1. The number of rotatable bonds is 6. The molecule has 1 aromatic carbocycles. The number of nitrogens with two attached hydrogens (primary N) is 1. The molecule has 0 saturated heterocycles. The number of ether oxygens (including phenoxy) is 1. The van der Waals surface area contributed by atoms with Crippen LogP contribution >= 0.6 is 11.3 Å². The zero-order valence-electron chi connectivity index (χ0n) is 19.7. The molecule has 0 bridgehead atoms. The molecule has 31 heavy (non-hydrogen) atoms. The first-order chi connectivity index (χ1) is 15.1. The Morgan fingerprint density at radius 2 is 2.03 bits per heavy atom. The van der Waals surface area contributed by atoms with E-state index in [-0.39, 0.29) is 6.10 Å². The summed E-state index contributed by atoms with van der Waals surface area (Å²) >= 11 is 1.56. The van der Waals surface area contributed by atoms with Crippen LogP contribution in [0.5, 0.6) is 5.75 Å². The summed E-state index contributed by atoms with van der Waals surface area (Å²) in [5, 5.41) is 19.8. The van der Waals surface area contributed by atoms with Crippen LogP contribution in [0.3, 0.4) is 0 Å². The van der Waals surface area contributed by atoms with E-state index in [1.165, 1.54) is 26.3 Å². The Labute approximate surface area is 191 Å².